The van der Waals surface area contributed by atoms with Crippen molar-refractivity contribution in [3.05, 3.63) is 35.4 Å². The van der Waals surface area contributed by atoms with Crippen LogP contribution in [0.4, 0.5) is 0 Å². The molecule has 0 fully saturated rings. The van der Waals surface area contributed by atoms with Gasteiger partial charge in [-0.25, -0.2) is 0 Å². The minimum absolute atomic E-state index is 0.0387. The van der Waals surface area contributed by atoms with Gasteiger partial charge >= 0.3 is 0 Å². The van der Waals surface area contributed by atoms with Crippen molar-refractivity contribution in [2.24, 2.45) is 0 Å². The summed E-state index contributed by atoms with van der Waals surface area (Å²) < 4.78 is 0. The fourth-order valence-corrected chi connectivity index (χ4v) is 2.03. The largest absolute Gasteiger partial charge is 0.350 e. The van der Waals surface area contributed by atoms with Crippen molar-refractivity contribution in [1.82, 2.24) is 5.32 Å². The van der Waals surface area contributed by atoms with Crippen molar-refractivity contribution >= 4 is 17.5 Å². The van der Waals surface area contributed by atoms with Crippen LogP contribution >= 0.6 is 11.6 Å². The zero-order valence-corrected chi connectivity index (χ0v) is 13.1. The van der Waals surface area contributed by atoms with Crippen LogP contribution in [0, 0.1) is 0 Å². The number of nitrogens with one attached hydrogen (secondary N) is 1. The van der Waals surface area contributed by atoms with E-state index in [9.17, 15) is 4.79 Å². The van der Waals surface area contributed by atoms with E-state index in [1.807, 2.05) is 6.92 Å². The predicted octanol–water partition coefficient (Wildman–Crippen LogP) is 4.18. The van der Waals surface area contributed by atoms with E-state index < -0.39 is 0 Å². The van der Waals surface area contributed by atoms with E-state index >= 15 is 0 Å². The van der Waals surface area contributed by atoms with Crippen LogP contribution < -0.4 is 5.32 Å². The summed E-state index contributed by atoms with van der Waals surface area (Å²) >= 11 is 5.58. The van der Waals surface area contributed by atoms with Gasteiger partial charge in [-0.15, -0.1) is 11.6 Å². The van der Waals surface area contributed by atoms with E-state index in [-0.39, 0.29) is 17.4 Å². The number of carbonyl (C=O) groups excluding carboxylic acids is 1. The number of carbonyl (C=O) groups is 1. The smallest absolute Gasteiger partial charge is 0.220 e. The molecule has 0 bridgehead atoms. The minimum atomic E-state index is 0.0387. The summed E-state index contributed by atoms with van der Waals surface area (Å²) in [5.74, 6) is 0.593. The van der Waals surface area contributed by atoms with Gasteiger partial charge in [-0.05, 0) is 29.9 Å². The third-order valence-corrected chi connectivity index (χ3v) is 3.46. The molecule has 0 aliphatic rings. The van der Waals surface area contributed by atoms with Gasteiger partial charge in [0.25, 0.3) is 0 Å². The first-order valence-corrected chi connectivity index (χ1v) is 7.34. The van der Waals surface area contributed by atoms with Gasteiger partial charge in [0, 0.05) is 12.3 Å². The fourth-order valence-electron chi connectivity index (χ4n) is 1.90. The number of rotatable bonds is 5. The second-order valence-corrected chi connectivity index (χ2v) is 6.33. The van der Waals surface area contributed by atoms with Crippen LogP contribution in [0.5, 0.6) is 0 Å². The van der Waals surface area contributed by atoms with Gasteiger partial charge in [0.05, 0.1) is 6.04 Å². The van der Waals surface area contributed by atoms with Crippen molar-refractivity contribution < 1.29 is 4.79 Å². The van der Waals surface area contributed by atoms with E-state index in [1.165, 1.54) is 5.56 Å². The Balaban J connectivity index is 2.63. The number of halogens is 1. The second kappa shape index (κ2) is 6.95. The van der Waals surface area contributed by atoms with Crippen molar-refractivity contribution in [3.63, 3.8) is 0 Å². The van der Waals surface area contributed by atoms with Gasteiger partial charge < -0.3 is 5.32 Å². The quantitative estimate of drug-likeness (QED) is 0.806. The van der Waals surface area contributed by atoms with Crippen LogP contribution in [0.1, 0.15) is 57.7 Å². The Morgan fingerprint density at radius 3 is 2.32 bits per heavy atom. The normalized spacial score (nSPS) is 13.1. The lowest BCUT2D eigenvalue weighted by Crippen LogP contribution is -2.26. The highest BCUT2D eigenvalue weighted by Gasteiger charge is 2.14. The number of amides is 1. The number of hydrogen-bond donors (Lipinski definition) is 1. The van der Waals surface area contributed by atoms with Gasteiger partial charge in [-0.2, -0.15) is 0 Å². The lowest BCUT2D eigenvalue weighted by Gasteiger charge is -2.20. The lowest BCUT2D eigenvalue weighted by molar-refractivity contribution is -0.121. The molecule has 1 aromatic carbocycles. The third-order valence-electron chi connectivity index (χ3n) is 3.19. The fraction of sp³-hybridized carbons (Fsp3) is 0.562. The Hall–Kier alpha value is -1.02. The van der Waals surface area contributed by atoms with E-state index in [1.54, 1.807) is 0 Å². The average Bonchev–Trinajstić information content (AvgIpc) is 2.35. The molecule has 0 radical (unpaired) electrons. The molecule has 0 saturated carbocycles. The monoisotopic (exact) mass is 281 g/mol. The molecule has 1 N–H and O–H groups in total. The lowest BCUT2D eigenvalue weighted by atomic mass is 9.86. The topological polar surface area (TPSA) is 29.1 Å². The third kappa shape index (κ3) is 5.23. The van der Waals surface area contributed by atoms with Gasteiger partial charge in [-0.3, -0.25) is 4.79 Å². The summed E-state index contributed by atoms with van der Waals surface area (Å²) in [5.41, 5.74) is 2.59. The maximum Gasteiger partial charge on any atom is 0.220 e. The maximum atomic E-state index is 11.6. The molecule has 1 aromatic rings. The summed E-state index contributed by atoms with van der Waals surface area (Å²) in [6.07, 6.45) is 1.22. The summed E-state index contributed by atoms with van der Waals surface area (Å²) in [5, 5.41) is 2.99. The molecule has 19 heavy (non-hydrogen) atoms. The molecule has 1 amide bonds. The highest BCUT2D eigenvalue weighted by atomic mass is 35.5. The zero-order valence-electron chi connectivity index (χ0n) is 12.3. The SMILES string of the molecule is CC(NC(=O)CCCCl)c1ccc(C(C)(C)C)cc1. The summed E-state index contributed by atoms with van der Waals surface area (Å²) in [6, 6.07) is 8.49. The second-order valence-electron chi connectivity index (χ2n) is 5.95. The van der Waals surface area contributed by atoms with Crippen LogP contribution in [0.15, 0.2) is 24.3 Å². The molecule has 1 rings (SSSR count). The van der Waals surface area contributed by atoms with Crippen molar-refractivity contribution in [2.45, 2.75) is 52.0 Å². The minimum Gasteiger partial charge on any atom is -0.350 e. The molecule has 2 nitrogen and oxygen atoms in total. The Morgan fingerprint density at radius 2 is 1.84 bits per heavy atom. The van der Waals surface area contributed by atoms with Crippen LogP contribution in [0.25, 0.3) is 0 Å². The first-order valence-electron chi connectivity index (χ1n) is 6.80. The first kappa shape index (κ1) is 16.0. The molecule has 0 aromatic heterocycles. The molecule has 0 spiro atoms. The van der Waals surface area contributed by atoms with Crippen LogP contribution in [0.3, 0.4) is 0 Å². The molecule has 1 atom stereocenters. The Labute approximate surface area is 121 Å². The summed E-state index contributed by atoms with van der Waals surface area (Å²) in [7, 11) is 0. The number of benzene rings is 1. The van der Waals surface area contributed by atoms with Crippen molar-refractivity contribution in [2.75, 3.05) is 5.88 Å². The molecule has 3 heteroatoms. The van der Waals surface area contributed by atoms with Crippen LogP contribution in [-0.2, 0) is 10.2 Å². The molecule has 0 aliphatic carbocycles. The molecule has 106 valence electrons. The van der Waals surface area contributed by atoms with Crippen molar-refractivity contribution in [3.8, 4) is 0 Å². The number of alkyl halides is 1. The Bertz CT molecular complexity index is 406. The van der Waals surface area contributed by atoms with E-state index in [0.717, 1.165) is 12.0 Å². The molecule has 0 aliphatic heterocycles. The summed E-state index contributed by atoms with van der Waals surface area (Å²) in [6.45, 7) is 8.59. The van der Waals surface area contributed by atoms with Gasteiger partial charge in [0.2, 0.25) is 5.91 Å². The highest BCUT2D eigenvalue weighted by molar-refractivity contribution is 6.17. The summed E-state index contributed by atoms with van der Waals surface area (Å²) in [4.78, 5) is 11.6. The maximum absolute atomic E-state index is 11.6. The Morgan fingerprint density at radius 1 is 1.26 bits per heavy atom. The van der Waals surface area contributed by atoms with E-state index in [4.69, 9.17) is 11.6 Å². The molecule has 0 saturated heterocycles. The van der Waals surface area contributed by atoms with Crippen molar-refractivity contribution in [1.29, 1.82) is 0 Å². The predicted molar refractivity (Wildman–Crippen MR) is 81.7 cm³/mol. The van der Waals surface area contributed by atoms with E-state index in [2.05, 4.69) is 50.4 Å². The molecular formula is C16H24ClNO. The standard InChI is InChI=1S/C16H24ClNO/c1-12(18-15(19)6-5-11-17)13-7-9-14(10-8-13)16(2,3)4/h7-10,12H,5-6,11H2,1-4H3,(H,18,19). The molecular weight excluding hydrogens is 258 g/mol. The van der Waals surface area contributed by atoms with Gasteiger partial charge in [0.1, 0.15) is 0 Å². The average molecular weight is 282 g/mol. The van der Waals surface area contributed by atoms with Gasteiger partial charge in [-0.1, -0.05) is 45.0 Å². The zero-order chi connectivity index (χ0) is 14.5. The Kier molecular flexibility index (Phi) is 5.86. The first-order chi connectivity index (χ1) is 8.84. The highest BCUT2D eigenvalue weighted by Crippen LogP contribution is 2.23. The van der Waals surface area contributed by atoms with Crippen LogP contribution in [0.2, 0.25) is 0 Å². The molecule has 1 unspecified atom stereocenters. The van der Waals surface area contributed by atoms with Crippen LogP contribution in [-0.4, -0.2) is 11.8 Å². The van der Waals surface area contributed by atoms with Gasteiger partial charge in [0.15, 0.2) is 0 Å². The van der Waals surface area contributed by atoms with E-state index in [0.29, 0.717) is 12.3 Å². The molecule has 0 heterocycles. The number of hydrogen-bond acceptors (Lipinski definition) is 1.